The van der Waals surface area contributed by atoms with Crippen LogP contribution in [0.3, 0.4) is 0 Å². The lowest BCUT2D eigenvalue weighted by atomic mass is 9.90. The minimum absolute atomic E-state index is 0.134. The van der Waals surface area contributed by atoms with E-state index >= 15 is 0 Å². The molecule has 0 aliphatic carbocycles. The summed E-state index contributed by atoms with van der Waals surface area (Å²) in [4.78, 5) is 25.9. The first kappa shape index (κ1) is 17.9. The van der Waals surface area contributed by atoms with Gasteiger partial charge in [0.15, 0.2) is 0 Å². The van der Waals surface area contributed by atoms with Gasteiger partial charge in [0.2, 0.25) is 11.8 Å². The Labute approximate surface area is 116 Å². The summed E-state index contributed by atoms with van der Waals surface area (Å²) in [5.74, 6) is -0.359. The van der Waals surface area contributed by atoms with Crippen molar-refractivity contribution in [1.29, 1.82) is 0 Å². The maximum Gasteiger partial charge on any atom is 0.237 e. The molecule has 112 valence electrons. The van der Waals surface area contributed by atoms with Crippen molar-refractivity contribution in [1.82, 2.24) is 10.2 Å². The Balaban J connectivity index is 4.32. The summed E-state index contributed by atoms with van der Waals surface area (Å²) in [5.41, 5.74) is -1.02. The highest BCUT2D eigenvalue weighted by atomic mass is 16.5. The molecule has 0 atom stereocenters. The maximum absolute atomic E-state index is 12.2. The molecule has 0 saturated heterocycles. The van der Waals surface area contributed by atoms with Gasteiger partial charge in [0.05, 0.1) is 0 Å². The molecule has 0 spiro atoms. The second kappa shape index (κ2) is 8.91. The van der Waals surface area contributed by atoms with Crippen LogP contribution in [0.2, 0.25) is 0 Å². The van der Waals surface area contributed by atoms with Crippen LogP contribution in [0.5, 0.6) is 0 Å². The Bertz CT molecular complexity index is 290. The van der Waals surface area contributed by atoms with Crippen molar-refractivity contribution in [2.75, 3.05) is 33.9 Å². The molecule has 0 aromatic heterocycles. The first-order valence-corrected chi connectivity index (χ1v) is 6.90. The monoisotopic (exact) mass is 272 g/mol. The summed E-state index contributed by atoms with van der Waals surface area (Å²) in [6.07, 6.45) is 2.73. The van der Waals surface area contributed by atoms with E-state index in [1.54, 1.807) is 32.9 Å². The Morgan fingerprint density at radius 2 is 1.89 bits per heavy atom. The average Bonchev–Trinajstić information content (AvgIpc) is 2.39. The van der Waals surface area contributed by atoms with Crippen LogP contribution < -0.4 is 5.32 Å². The molecule has 2 amide bonds. The van der Waals surface area contributed by atoms with Gasteiger partial charge >= 0.3 is 0 Å². The van der Waals surface area contributed by atoms with E-state index in [1.165, 1.54) is 0 Å². The van der Waals surface area contributed by atoms with E-state index in [1.807, 2.05) is 0 Å². The zero-order valence-corrected chi connectivity index (χ0v) is 12.9. The van der Waals surface area contributed by atoms with Crippen molar-refractivity contribution in [2.24, 2.45) is 5.41 Å². The molecule has 0 aromatic carbocycles. The molecule has 0 bridgehead atoms. The lowest BCUT2D eigenvalue weighted by Crippen LogP contribution is -2.48. The molecule has 0 rings (SSSR count). The fraction of sp³-hybridized carbons (Fsp3) is 0.857. The quantitative estimate of drug-likeness (QED) is 0.510. The number of amides is 2. The van der Waals surface area contributed by atoms with Crippen LogP contribution in [-0.4, -0.2) is 50.6 Å². The highest BCUT2D eigenvalue weighted by Gasteiger charge is 2.37. The fourth-order valence-electron chi connectivity index (χ4n) is 1.71. The number of nitrogens with zero attached hydrogens (tertiary/aromatic N) is 1. The number of hydrogen-bond donors (Lipinski definition) is 1. The highest BCUT2D eigenvalue weighted by molar-refractivity contribution is 6.04. The summed E-state index contributed by atoms with van der Waals surface area (Å²) in [7, 11) is 3.37. The number of methoxy groups -OCH3 is 1. The molecule has 0 heterocycles. The Morgan fingerprint density at radius 1 is 1.26 bits per heavy atom. The van der Waals surface area contributed by atoms with Crippen molar-refractivity contribution in [3.63, 3.8) is 0 Å². The number of hydrogen-bond acceptors (Lipinski definition) is 3. The molecule has 19 heavy (non-hydrogen) atoms. The molecule has 0 aromatic rings. The molecule has 0 aliphatic heterocycles. The lowest BCUT2D eigenvalue weighted by Gasteiger charge is -2.28. The van der Waals surface area contributed by atoms with E-state index < -0.39 is 5.41 Å². The summed E-state index contributed by atoms with van der Waals surface area (Å²) in [6.45, 7) is 7.24. The van der Waals surface area contributed by atoms with E-state index in [9.17, 15) is 9.59 Å². The molecule has 0 aliphatic rings. The van der Waals surface area contributed by atoms with E-state index in [0.717, 1.165) is 19.3 Å². The normalized spacial score (nSPS) is 11.2. The van der Waals surface area contributed by atoms with Crippen molar-refractivity contribution in [2.45, 2.75) is 40.0 Å². The second-order valence-electron chi connectivity index (χ2n) is 5.31. The minimum atomic E-state index is -1.02. The number of ether oxygens (including phenoxy) is 1. The van der Waals surface area contributed by atoms with Gasteiger partial charge in [-0.15, -0.1) is 0 Å². The molecule has 5 nitrogen and oxygen atoms in total. The summed E-state index contributed by atoms with van der Waals surface area (Å²) in [6, 6.07) is 0. The van der Waals surface area contributed by atoms with Gasteiger partial charge in [-0.2, -0.15) is 0 Å². The molecule has 5 heteroatoms. The average molecular weight is 272 g/mol. The van der Waals surface area contributed by atoms with Crippen LogP contribution in [0.25, 0.3) is 0 Å². The van der Waals surface area contributed by atoms with E-state index in [-0.39, 0.29) is 11.8 Å². The van der Waals surface area contributed by atoms with Gasteiger partial charge in [0, 0.05) is 33.9 Å². The van der Waals surface area contributed by atoms with Crippen LogP contribution in [0.4, 0.5) is 0 Å². The predicted molar refractivity (Wildman–Crippen MR) is 75.8 cm³/mol. The van der Waals surface area contributed by atoms with Crippen molar-refractivity contribution in [3.05, 3.63) is 0 Å². The van der Waals surface area contributed by atoms with Gasteiger partial charge in [0.25, 0.3) is 0 Å². The third kappa shape index (κ3) is 6.05. The first-order chi connectivity index (χ1) is 8.87. The van der Waals surface area contributed by atoms with Crippen molar-refractivity contribution < 1.29 is 14.3 Å². The number of carbonyl (C=O) groups excluding carboxylic acids is 2. The number of rotatable bonds is 9. The van der Waals surface area contributed by atoms with E-state index in [4.69, 9.17) is 4.74 Å². The van der Waals surface area contributed by atoms with Gasteiger partial charge in [-0.3, -0.25) is 9.59 Å². The maximum atomic E-state index is 12.2. The third-order valence-electron chi connectivity index (χ3n) is 3.11. The summed E-state index contributed by atoms with van der Waals surface area (Å²) in [5, 5.41) is 2.78. The highest BCUT2D eigenvalue weighted by Crippen LogP contribution is 2.18. The van der Waals surface area contributed by atoms with Crippen molar-refractivity contribution in [3.8, 4) is 0 Å². The Morgan fingerprint density at radius 3 is 2.42 bits per heavy atom. The smallest absolute Gasteiger partial charge is 0.237 e. The van der Waals surface area contributed by atoms with Crippen LogP contribution in [-0.2, 0) is 14.3 Å². The van der Waals surface area contributed by atoms with Gasteiger partial charge < -0.3 is 15.0 Å². The van der Waals surface area contributed by atoms with Crippen LogP contribution in [0.15, 0.2) is 0 Å². The predicted octanol–water partition coefficient (Wildman–Crippen LogP) is 1.42. The number of carbonyl (C=O) groups is 2. The zero-order valence-electron chi connectivity index (χ0n) is 12.9. The van der Waals surface area contributed by atoms with Crippen LogP contribution >= 0.6 is 0 Å². The SMILES string of the molecule is CCCCN(C)C(=O)C(C)(C)C(=O)NCCCOC. The fourth-order valence-corrected chi connectivity index (χ4v) is 1.71. The number of nitrogens with one attached hydrogen (secondary N) is 1. The van der Waals surface area contributed by atoms with Gasteiger partial charge in [-0.25, -0.2) is 0 Å². The van der Waals surface area contributed by atoms with E-state index in [0.29, 0.717) is 19.7 Å². The first-order valence-electron chi connectivity index (χ1n) is 6.90. The van der Waals surface area contributed by atoms with Crippen LogP contribution in [0, 0.1) is 5.41 Å². The largest absolute Gasteiger partial charge is 0.385 e. The van der Waals surface area contributed by atoms with Gasteiger partial charge in [0.1, 0.15) is 5.41 Å². The second-order valence-corrected chi connectivity index (χ2v) is 5.31. The zero-order chi connectivity index (χ0) is 14.9. The van der Waals surface area contributed by atoms with Gasteiger partial charge in [-0.1, -0.05) is 13.3 Å². The standard InChI is InChI=1S/C14H28N2O3/c1-6-7-10-16(4)13(18)14(2,3)12(17)15-9-8-11-19-5/h6-11H2,1-5H3,(H,15,17). The molecular formula is C14H28N2O3. The molecular weight excluding hydrogens is 244 g/mol. The van der Waals surface area contributed by atoms with E-state index in [2.05, 4.69) is 12.2 Å². The molecule has 1 N–H and O–H groups in total. The molecule has 0 unspecified atom stereocenters. The Hall–Kier alpha value is -1.10. The van der Waals surface area contributed by atoms with Crippen molar-refractivity contribution >= 4 is 11.8 Å². The lowest BCUT2D eigenvalue weighted by molar-refractivity contribution is -0.147. The topological polar surface area (TPSA) is 58.6 Å². The van der Waals surface area contributed by atoms with Crippen LogP contribution in [0.1, 0.15) is 40.0 Å². The molecule has 0 fully saturated rings. The molecule has 0 radical (unpaired) electrons. The minimum Gasteiger partial charge on any atom is -0.385 e. The Kier molecular flexibility index (Phi) is 8.39. The third-order valence-corrected chi connectivity index (χ3v) is 3.11. The summed E-state index contributed by atoms with van der Waals surface area (Å²) < 4.78 is 4.91. The summed E-state index contributed by atoms with van der Waals surface area (Å²) >= 11 is 0. The van der Waals surface area contributed by atoms with Gasteiger partial charge in [-0.05, 0) is 26.7 Å². The number of unbranched alkanes of at least 4 members (excludes halogenated alkanes) is 1. The molecule has 0 saturated carbocycles.